The van der Waals surface area contributed by atoms with E-state index in [1.807, 2.05) is 13.8 Å². The number of aliphatic hydroxyl groups excluding tert-OH is 1. The highest BCUT2D eigenvalue weighted by Crippen LogP contribution is 2.38. The van der Waals surface area contributed by atoms with Gasteiger partial charge in [0.2, 0.25) is 5.95 Å². The van der Waals surface area contributed by atoms with E-state index in [1.54, 1.807) is 0 Å². The van der Waals surface area contributed by atoms with Gasteiger partial charge in [-0.05, 0) is 36.2 Å². The van der Waals surface area contributed by atoms with Crippen molar-refractivity contribution in [3.63, 3.8) is 0 Å². The first-order valence-corrected chi connectivity index (χ1v) is 10.9. The van der Waals surface area contributed by atoms with Crippen LogP contribution < -0.4 is 20.1 Å². The van der Waals surface area contributed by atoms with E-state index in [0.29, 0.717) is 0 Å². The lowest BCUT2D eigenvalue weighted by molar-refractivity contribution is -0.274. The molecule has 7 nitrogen and oxygen atoms in total. The van der Waals surface area contributed by atoms with E-state index in [0.717, 1.165) is 31.4 Å². The zero-order chi connectivity index (χ0) is 27.4. The van der Waals surface area contributed by atoms with Gasteiger partial charge in [-0.3, -0.25) is 0 Å². The van der Waals surface area contributed by atoms with Crippen molar-refractivity contribution in [3.8, 4) is 22.8 Å². The topological polar surface area (TPSA) is 88.5 Å². The molecular formula is C24H24F6N4O3. The molecule has 3 rings (SSSR count). The molecule has 3 N–H and O–H groups in total. The van der Waals surface area contributed by atoms with Crippen LogP contribution >= 0.6 is 0 Å². The monoisotopic (exact) mass is 530 g/mol. The Bertz CT molecular complexity index is 1220. The molecule has 0 saturated carbocycles. The highest BCUT2D eigenvalue weighted by molar-refractivity contribution is 5.69. The highest BCUT2D eigenvalue weighted by atomic mass is 19.4. The number of anilines is 3. The summed E-state index contributed by atoms with van der Waals surface area (Å²) in [6, 6.07) is 9.28. The number of aromatic nitrogens is 2. The van der Waals surface area contributed by atoms with Gasteiger partial charge < -0.3 is 25.2 Å². The number of aliphatic hydroxyl groups is 1. The maximum atomic E-state index is 13.5. The van der Waals surface area contributed by atoms with Gasteiger partial charge in [0.25, 0.3) is 0 Å². The lowest BCUT2D eigenvalue weighted by Crippen LogP contribution is -2.30. The van der Waals surface area contributed by atoms with Crippen molar-refractivity contribution in [1.82, 2.24) is 9.97 Å². The number of benzene rings is 2. The molecule has 0 saturated heterocycles. The minimum Gasteiger partial charge on any atom is -0.496 e. The van der Waals surface area contributed by atoms with Crippen LogP contribution in [0.1, 0.15) is 19.4 Å². The van der Waals surface area contributed by atoms with Crippen molar-refractivity contribution < 1.29 is 40.9 Å². The van der Waals surface area contributed by atoms with Crippen LogP contribution in [0.25, 0.3) is 11.3 Å². The Morgan fingerprint density at radius 2 is 1.70 bits per heavy atom. The molecule has 3 aromatic rings. The number of hydrogen-bond donors (Lipinski definition) is 3. The minimum absolute atomic E-state index is 0.000510. The number of nitrogens with zero attached hydrogens (tertiary/aromatic N) is 2. The van der Waals surface area contributed by atoms with E-state index in [9.17, 15) is 31.4 Å². The molecule has 1 atom stereocenters. The van der Waals surface area contributed by atoms with Gasteiger partial charge in [0, 0.05) is 17.3 Å². The Morgan fingerprint density at radius 3 is 2.30 bits per heavy atom. The standard InChI is InChI=1S/C24H24F6N4O3/c1-13(2)19(12-35)33-22-32-18(14-5-4-6-16(9-14)37-24(28,29)30)11-21(34-22)31-15-7-8-20(36-3)17(10-15)23(25,26)27/h4-11,13,19,35H,12H2,1-3H3,(H2,31,32,33,34)/t19-/m1/s1. The zero-order valence-corrected chi connectivity index (χ0v) is 19.9. The summed E-state index contributed by atoms with van der Waals surface area (Å²) in [5, 5.41) is 15.4. The molecule has 37 heavy (non-hydrogen) atoms. The van der Waals surface area contributed by atoms with Crippen molar-refractivity contribution in [2.75, 3.05) is 24.4 Å². The van der Waals surface area contributed by atoms with Gasteiger partial charge in [-0.25, -0.2) is 4.98 Å². The molecule has 1 aromatic heterocycles. The lowest BCUT2D eigenvalue weighted by Gasteiger charge is -2.21. The fourth-order valence-corrected chi connectivity index (χ4v) is 3.32. The van der Waals surface area contributed by atoms with Crippen LogP contribution in [-0.4, -0.2) is 41.2 Å². The maximum absolute atomic E-state index is 13.5. The molecule has 0 unspecified atom stereocenters. The normalized spacial score (nSPS) is 12.8. The first-order valence-electron chi connectivity index (χ1n) is 10.9. The van der Waals surface area contributed by atoms with Crippen LogP contribution in [0.3, 0.4) is 0 Å². The number of rotatable bonds is 9. The molecule has 0 bridgehead atoms. The minimum atomic E-state index is -4.90. The number of methoxy groups -OCH3 is 1. The molecule has 0 amide bonds. The largest absolute Gasteiger partial charge is 0.573 e. The van der Waals surface area contributed by atoms with Crippen LogP contribution in [-0.2, 0) is 6.18 Å². The quantitative estimate of drug-likeness (QED) is 0.282. The second-order valence-electron chi connectivity index (χ2n) is 8.25. The van der Waals surface area contributed by atoms with Gasteiger partial charge in [-0.1, -0.05) is 26.0 Å². The zero-order valence-electron chi connectivity index (χ0n) is 19.9. The molecule has 0 spiro atoms. The van der Waals surface area contributed by atoms with Gasteiger partial charge in [-0.15, -0.1) is 13.2 Å². The van der Waals surface area contributed by atoms with Crippen molar-refractivity contribution in [3.05, 3.63) is 54.1 Å². The lowest BCUT2D eigenvalue weighted by atomic mass is 10.1. The summed E-state index contributed by atoms with van der Waals surface area (Å²) in [6.07, 6.45) is -9.59. The second kappa shape index (κ2) is 11.1. The molecule has 0 aliphatic heterocycles. The van der Waals surface area contributed by atoms with Crippen LogP contribution in [0.4, 0.5) is 43.8 Å². The van der Waals surface area contributed by atoms with Crippen LogP contribution in [0, 0.1) is 5.92 Å². The van der Waals surface area contributed by atoms with Crippen LogP contribution in [0.15, 0.2) is 48.5 Å². The summed E-state index contributed by atoms with van der Waals surface area (Å²) < 4.78 is 87.2. The number of nitrogens with one attached hydrogen (secondary N) is 2. The molecule has 1 heterocycles. The van der Waals surface area contributed by atoms with Gasteiger partial charge in [0.1, 0.15) is 17.3 Å². The van der Waals surface area contributed by atoms with E-state index in [1.165, 1.54) is 24.3 Å². The summed E-state index contributed by atoms with van der Waals surface area (Å²) in [4.78, 5) is 8.60. The third-order valence-corrected chi connectivity index (χ3v) is 5.18. The summed E-state index contributed by atoms with van der Waals surface area (Å²) in [5.41, 5.74) is -0.603. The number of ether oxygens (including phenoxy) is 2. The summed E-state index contributed by atoms with van der Waals surface area (Å²) in [7, 11) is 1.12. The average molecular weight is 530 g/mol. The van der Waals surface area contributed by atoms with Gasteiger partial charge >= 0.3 is 12.5 Å². The summed E-state index contributed by atoms with van der Waals surface area (Å²) in [6.45, 7) is 3.41. The first kappa shape index (κ1) is 27.8. The number of halogens is 6. The Balaban J connectivity index is 2.05. The Hall–Kier alpha value is -3.74. The first-order chi connectivity index (χ1) is 17.3. The maximum Gasteiger partial charge on any atom is 0.573 e. The van der Waals surface area contributed by atoms with E-state index >= 15 is 0 Å². The fourth-order valence-electron chi connectivity index (χ4n) is 3.32. The van der Waals surface area contributed by atoms with Gasteiger partial charge in [0.05, 0.1) is 31.0 Å². The molecule has 0 radical (unpaired) electrons. The predicted octanol–water partition coefficient (Wildman–Crippen LogP) is 6.24. The SMILES string of the molecule is COc1ccc(Nc2cc(-c3cccc(OC(F)(F)F)c3)nc(N[C@H](CO)C(C)C)n2)cc1C(F)(F)F. The summed E-state index contributed by atoms with van der Waals surface area (Å²) in [5.74, 6) is -0.845. The van der Waals surface area contributed by atoms with E-state index in [4.69, 9.17) is 4.74 Å². The molecular weight excluding hydrogens is 506 g/mol. The molecule has 0 fully saturated rings. The molecule has 0 aliphatic carbocycles. The van der Waals surface area contributed by atoms with E-state index in [2.05, 4.69) is 25.3 Å². The third kappa shape index (κ3) is 7.62. The van der Waals surface area contributed by atoms with Crippen molar-refractivity contribution in [2.24, 2.45) is 5.92 Å². The van der Waals surface area contributed by atoms with Crippen LogP contribution in [0.2, 0.25) is 0 Å². The Labute approximate surface area is 208 Å². The van der Waals surface area contributed by atoms with E-state index < -0.39 is 29.9 Å². The average Bonchev–Trinajstić information content (AvgIpc) is 2.80. The van der Waals surface area contributed by atoms with E-state index in [-0.39, 0.29) is 47.0 Å². The highest BCUT2D eigenvalue weighted by Gasteiger charge is 2.34. The number of hydrogen-bond acceptors (Lipinski definition) is 7. The Morgan fingerprint density at radius 1 is 0.973 bits per heavy atom. The Kier molecular flexibility index (Phi) is 8.36. The number of alkyl halides is 6. The fraction of sp³-hybridized carbons (Fsp3) is 0.333. The molecule has 200 valence electrons. The second-order valence-corrected chi connectivity index (χ2v) is 8.25. The van der Waals surface area contributed by atoms with Gasteiger partial charge in [-0.2, -0.15) is 18.2 Å². The molecule has 2 aromatic carbocycles. The predicted molar refractivity (Wildman–Crippen MR) is 125 cm³/mol. The molecule has 0 aliphatic rings. The smallest absolute Gasteiger partial charge is 0.496 e. The van der Waals surface area contributed by atoms with Crippen molar-refractivity contribution in [2.45, 2.75) is 32.4 Å². The third-order valence-electron chi connectivity index (χ3n) is 5.18. The van der Waals surface area contributed by atoms with Crippen molar-refractivity contribution in [1.29, 1.82) is 0 Å². The van der Waals surface area contributed by atoms with Crippen molar-refractivity contribution >= 4 is 17.5 Å². The van der Waals surface area contributed by atoms with Gasteiger partial charge in [0.15, 0.2) is 0 Å². The summed E-state index contributed by atoms with van der Waals surface area (Å²) >= 11 is 0. The van der Waals surface area contributed by atoms with Crippen LogP contribution in [0.5, 0.6) is 11.5 Å². The molecule has 13 heteroatoms.